The Kier molecular flexibility index (Phi) is 7.93. The molecule has 3 aliphatic rings. The molecule has 4 rings (SSSR count). The summed E-state index contributed by atoms with van der Waals surface area (Å²) in [5.41, 5.74) is 0.836. The number of rotatable bonds is 4. The van der Waals surface area contributed by atoms with Crippen LogP contribution in [0.25, 0.3) is 0 Å². The summed E-state index contributed by atoms with van der Waals surface area (Å²) in [6.07, 6.45) is 0.175. The molecule has 2 saturated heterocycles. The van der Waals surface area contributed by atoms with E-state index in [9.17, 15) is 22.8 Å². The average molecular weight is 471 g/mol. The summed E-state index contributed by atoms with van der Waals surface area (Å²) in [6.45, 7) is 3.80. The normalized spacial score (nSPS) is 28.6. The van der Waals surface area contributed by atoms with E-state index in [-0.39, 0.29) is 35.8 Å². The molecular weight excluding hydrogens is 443 g/mol. The van der Waals surface area contributed by atoms with Gasteiger partial charge in [-0.2, -0.15) is 13.2 Å². The lowest BCUT2D eigenvalue weighted by Crippen LogP contribution is -2.57. The molecule has 3 fully saturated rings. The van der Waals surface area contributed by atoms with Crippen LogP contribution in [-0.2, 0) is 25.7 Å². The van der Waals surface area contributed by atoms with Gasteiger partial charge in [-0.3, -0.25) is 14.6 Å². The second-order valence-corrected chi connectivity index (χ2v) is 8.80. The summed E-state index contributed by atoms with van der Waals surface area (Å²) in [6, 6.07) is 5.81. The monoisotopic (exact) mass is 471 g/mol. The number of fused-ring (bicyclic) bond motifs is 1. The minimum absolute atomic E-state index is 0.00389. The molecule has 0 bridgehead atoms. The summed E-state index contributed by atoms with van der Waals surface area (Å²) in [5.74, 6) is -1.97. The van der Waals surface area contributed by atoms with Gasteiger partial charge in [0.2, 0.25) is 11.8 Å². The number of carboxylic acids is 1. The Balaban J connectivity index is 0.000000383. The van der Waals surface area contributed by atoms with E-state index < -0.39 is 12.1 Å². The van der Waals surface area contributed by atoms with Crippen molar-refractivity contribution in [1.82, 2.24) is 15.2 Å². The van der Waals surface area contributed by atoms with Crippen LogP contribution in [0.3, 0.4) is 0 Å². The summed E-state index contributed by atoms with van der Waals surface area (Å²) in [7, 11) is 0. The zero-order valence-corrected chi connectivity index (χ0v) is 18.3. The van der Waals surface area contributed by atoms with Gasteiger partial charge in [-0.25, -0.2) is 4.79 Å². The van der Waals surface area contributed by atoms with Gasteiger partial charge in [0.1, 0.15) is 0 Å². The number of carbonyl (C=O) groups is 3. The van der Waals surface area contributed by atoms with Crippen LogP contribution < -0.4 is 5.32 Å². The van der Waals surface area contributed by atoms with Gasteiger partial charge in [0.05, 0.1) is 30.3 Å². The van der Waals surface area contributed by atoms with E-state index in [1.54, 1.807) is 6.20 Å². The minimum Gasteiger partial charge on any atom is -0.475 e. The molecule has 1 aliphatic carbocycles. The fraction of sp³-hybridized carbons (Fsp3) is 0.636. The highest BCUT2D eigenvalue weighted by atomic mass is 19.4. The smallest absolute Gasteiger partial charge is 0.475 e. The fourth-order valence-corrected chi connectivity index (χ4v) is 4.55. The first-order chi connectivity index (χ1) is 15.6. The number of aromatic nitrogens is 1. The van der Waals surface area contributed by atoms with Crippen molar-refractivity contribution in [3.05, 3.63) is 30.1 Å². The molecule has 2 aliphatic heterocycles. The summed E-state index contributed by atoms with van der Waals surface area (Å²) < 4.78 is 37.6. The molecule has 2 amide bonds. The van der Waals surface area contributed by atoms with Crippen LogP contribution in [0.5, 0.6) is 0 Å². The van der Waals surface area contributed by atoms with E-state index in [1.165, 1.54) is 0 Å². The van der Waals surface area contributed by atoms with Crippen LogP contribution in [0.4, 0.5) is 13.2 Å². The maximum absolute atomic E-state index is 12.9. The average Bonchev–Trinajstić information content (AvgIpc) is 3.23. The molecule has 3 atom stereocenters. The Bertz CT molecular complexity index is 845. The third kappa shape index (κ3) is 6.43. The Labute approximate surface area is 189 Å². The van der Waals surface area contributed by atoms with Gasteiger partial charge >= 0.3 is 12.1 Å². The quantitative estimate of drug-likeness (QED) is 0.698. The van der Waals surface area contributed by atoms with E-state index in [0.717, 1.165) is 25.0 Å². The van der Waals surface area contributed by atoms with E-state index in [2.05, 4.69) is 17.2 Å². The summed E-state index contributed by atoms with van der Waals surface area (Å²) >= 11 is 0. The molecule has 8 nitrogen and oxygen atoms in total. The number of hydrogen-bond acceptors (Lipinski definition) is 5. The number of pyridine rings is 1. The molecule has 1 aromatic heterocycles. The maximum Gasteiger partial charge on any atom is 0.490 e. The number of carboxylic acid groups (broad SMARTS) is 1. The first-order valence-corrected chi connectivity index (χ1v) is 11.0. The van der Waals surface area contributed by atoms with Crippen molar-refractivity contribution in [3.8, 4) is 0 Å². The minimum atomic E-state index is -5.08. The van der Waals surface area contributed by atoms with Crippen molar-refractivity contribution in [2.24, 2.45) is 17.8 Å². The number of ether oxygens (including phenoxy) is 1. The molecule has 11 heteroatoms. The highest BCUT2D eigenvalue weighted by molar-refractivity contribution is 5.83. The number of likely N-dealkylation sites (tertiary alicyclic amines) is 1. The molecule has 0 unspecified atom stereocenters. The molecule has 33 heavy (non-hydrogen) atoms. The van der Waals surface area contributed by atoms with E-state index >= 15 is 0 Å². The number of nitrogens with zero attached hydrogens (tertiary/aromatic N) is 2. The first-order valence-electron chi connectivity index (χ1n) is 11.0. The van der Waals surface area contributed by atoms with Gasteiger partial charge in [0, 0.05) is 25.3 Å². The Morgan fingerprint density at radius 1 is 1.21 bits per heavy atom. The third-order valence-electron chi connectivity index (χ3n) is 6.30. The first kappa shape index (κ1) is 24.9. The van der Waals surface area contributed by atoms with Gasteiger partial charge in [-0.15, -0.1) is 0 Å². The molecular formula is C22H28F3N3O5. The van der Waals surface area contributed by atoms with Crippen LogP contribution in [0.15, 0.2) is 24.4 Å². The lowest BCUT2D eigenvalue weighted by Gasteiger charge is -2.44. The lowest BCUT2D eigenvalue weighted by molar-refractivity contribution is -0.192. The van der Waals surface area contributed by atoms with Crippen LogP contribution in [0.1, 0.15) is 38.3 Å². The highest BCUT2D eigenvalue weighted by Crippen LogP contribution is 2.38. The number of amides is 2. The molecule has 2 N–H and O–H groups in total. The van der Waals surface area contributed by atoms with Gasteiger partial charge in [0.25, 0.3) is 0 Å². The largest absolute Gasteiger partial charge is 0.490 e. The second-order valence-electron chi connectivity index (χ2n) is 8.80. The Morgan fingerprint density at radius 2 is 1.91 bits per heavy atom. The number of nitrogens with one attached hydrogen (secondary N) is 1. The number of alkyl halides is 3. The summed E-state index contributed by atoms with van der Waals surface area (Å²) in [5, 5.41) is 10.1. The van der Waals surface area contributed by atoms with Crippen LogP contribution in [0.2, 0.25) is 0 Å². The second kappa shape index (κ2) is 10.5. The van der Waals surface area contributed by atoms with E-state index in [1.807, 2.05) is 23.1 Å². The third-order valence-corrected chi connectivity index (χ3v) is 6.30. The lowest BCUT2D eigenvalue weighted by atomic mass is 9.74. The molecule has 0 radical (unpaired) electrons. The highest BCUT2D eigenvalue weighted by Gasteiger charge is 2.46. The molecule has 0 spiro atoms. The number of hydrogen-bond donors (Lipinski definition) is 2. The predicted octanol–water partition coefficient (Wildman–Crippen LogP) is 2.38. The fourth-order valence-electron chi connectivity index (χ4n) is 4.55. The topological polar surface area (TPSA) is 109 Å². The van der Waals surface area contributed by atoms with E-state index in [4.69, 9.17) is 14.6 Å². The van der Waals surface area contributed by atoms with Crippen LogP contribution in [-0.4, -0.2) is 64.2 Å². The van der Waals surface area contributed by atoms with Crippen molar-refractivity contribution in [2.75, 3.05) is 13.2 Å². The molecule has 182 valence electrons. The van der Waals surface area contributed by atoms with Gasteiger partial charge in [0.15, 0.2) is 0 Å². The van der Waals surface area contributed by atoms with Gasteiger partial charge < -0.3 is 20.1 Å². The predicted molar refractivity (Wildman–Crippen MR) is 110 cm³/mol. The van der Waals surface area contributed by atoms with Crippen LogP contribution in [0, 0.1) is 17.8 Å². The summed E-state index contributed by atoms with van der Waals surface area (Å²) in [4.78, 5) is 40.7. The van der Waals surface area contributed by atoms with Crippen molar-refractivity contribution < 1.29 is 37.4 Å². The molecule has 1 saturated carbocycles. The number of carbonyl (C=O) groups excluding carboxylic acids is 2. The zero-order chi connectivity index (χ0) is 24.2. The van der Waals surface area contributed by atoms with Crippen molar-refractivity contribution in [2.45, 2.75) is 57.5 Å². The SMILES string of the molecule is CC1CC(C(=O)N2C[C@H](C(=O)NCc3ccccn3)C[C@H]3OCC[C@H]32)C1.O=C(O)C(F)(F)F. The van der Waals surface area contributed by atoms with Gasteiger partial charge in [-0.1, -0.05) is 13.0 Å². The van der Waals surface area contributed by atoms with E-state index in [0.29, 0.717) is 32.0 Å². The number of piperidine rings is 1. The van der Waals surface area contributed by atoms with Crippen molar-refractivity contribution in [1.29, 1.82) is 0 Å². The van der Waals surface area contributed by atoms with Crippen molar-refractivity contribution >= 4 is 17.8 Å². The molecule has 1 aromatic rings. The van der Waals surface area contributed by atoms with Gasteiger partial charge in [-0.05, 0) is 43.7 Å². The standard InChI is InChI=1S/C20H27N3O3.C2HF3O2/c1-13-8-14(9-13)20(25)23-12-15(10-18-17(23)5-7-26-18)19(24)22-11-16-4-2-3-6-21-16;3-2(4,5)1(6)7/h2-4,6,13-15,17-18H,5,7-12H2,1H3,(H,22,24);(H,6,7)/t13?,14?,15-,17-,18-;/m1./s1. The Morgan fingerprint density at radius 3 is 2.48 bits per heavy atom. The maximum atomic E-state index is 12.9. The van der Waals surface area contributed by atoms with Crippen LogP contribution >= 0.6 is 0 Å². The molecule has 3 heterocycles. The number of aliphatic carboxylic acids is 1. The van der Waals surface area contributed by atoms with Crippen molar-refractivity contribution in [3.63, 3.8) is 0 Å². The zero-order valence-electron chi connectivity index (χ0n) is 18.3. The molecule has 0 aromatic carbocycles. The Hall–Kier alpha value is -2.69. The number of halogens is 3.